The lowest BCUT2D eigenvalue weighted by Crippen LogP contribution is -2.39. The predicted octanol–water partition coefficient (Wildman–Crippen LogP) is 3.05. The summed E-state index contributed by atoms with van der Waals surface area (Å²) in [6, 6.07) is 5.59. The maximum absolute atomic E-state index is 10.5. The molecule has 1 atom stereocenters. The normalized spacial score (nSPS) is 19.5. The highest BCUT2D eigenvalue weighted by Gasteiger charge is 2.21. The summed E-state index contributed by atoms with van der Waals surface area (Å²) < 4.78 is 5.41. The lowest BCUT2D eigenvalue weighted by atomic mass is 10.1. The van der Waals surface area contributed by atoms with Gasteiger partial charge in [0, 0.05) is 26.3 Å². The lowest BCUT2D eigenvalue weighted by Gasteiger charge is -2.34. The van der Waals surface area contributed by atoms with Crippen LogP contribution < -0.4 is 4.90 Å². The molecular formula is C15H18ClNO3. The first-order valence-corrected chi connectivity index (χ1v) is 6.96. The van der Waals surface area contributed by atoms with Crippen LogP contribution in [-0.4, -0.2) is 37.4 Å². The summed E-state index contributed by atoms with van der Waals surface area (Å²) in [7, 11) is 1.73. The number of benzene rings is 1. The zero-order chi connectivity index (χ0) is 14.5. The Bertz CT molecular complexity index is 516. The van der Waals surface area contributed by atoms with Gasteiger partial charge in [-0.05, 0) is 36.6 Å². The Morgan fingerprint density at radius 3 is 3.00 bits per heavy atom. The molecule has 0 radical (unpaired) electrons. The highest BCUT2D eigenvalue weighted by atomic mass is 35.5. The second-order valence-electron chi connectivity index (χ2n) is 4.83. The maximum atomic E-state index is 10.5. The van der Waals surface area contributed by atoms with Crippen LogP contribution in [0.4, 0.5) is 5.69 Å². The molecule has 1 aliphatic heterocycles. The largest absolute Gasteiger partial charge is 0.478 e. The molecule has 1 N–H and O–H groups in total. The van der Waals surface area contributed by atoms with Gasteiger partial charge >= 0.3 is 5.97 Å². The van der Waals surface area contributed by atoms with Crippen LogP contribution in [0.15, 0.2) is 24.3 Å². The van der Waals surface area contributed by atoms with Gasteiger partial charge in [-0.15, -0.1) is 0 Å². The van der Waals surface area contributed by atoms with E-state index in [0.717, 1.165) is 43.3 Å². The smallest absolute Gasteiger partial charge is 0.328 e. The van der Waals surface area contributed by atoms with Crippen molar-refractivity contribution in [2.75, 3.05) is 25.1 Å². The number of piperidine rings is 1. The van der Waals surface area contributed by atoms with Gasteiger partial charge in [0.2, 0.25) is 0 Å². The van der Waals surface area contributed by atoms with Crippen LogP contribution in [0.1, 0.15) is 18.4 Å². The molecule has 1 aromatic rings. The summed E-state index contributed by atoms with van der Waals surface area (Å²) in [5.41, 5.74) is 1.75. The van der Waals surface area contributed by atoms with Crippen LogP contribution >= 0.6 is 11.6 Å². The van der Waals surface area contributed by atoms with E-state index < -0.39 is 5.97 Å². The van der Waals surface area contributed by atoms with E-state index in [-0.39, 0.29) is 6.10 Å². The number of nitrogens with zero attached hydrogens (tertiary/aromatic N) is 1. The molecule has 1 aromatic carbocycles. The molecule has 20 heavy (non-hydrogen) atoms. The Balaban J connectivity index is 2.15. The van der Waals surface area contributed by atoms with Gasteiger partial charge in [-0.1, -0.05) is 17.7 Å². The molecule has 0 bridgehead atoms. The molecule has 1 fully saturated rings. The molecule has 5 heteroatoms. The molecule has 108 valence electrons. The first-order valence-electron chi connectivity index (χ1n) is 6.58. The van der Waals surface area contributed by atoms with E-state index >= 15 is 0 Å². The highest BCUT2D eigenvalue weighted by molar-refractivity contribution is 6.33. The summed E-state index contributed by atoms with van der Waals surface area (Å²) >= 11 is 6.31. The summed E-state index contributed by atoms with van der Waals surface area (Å²) in [6.07, 6.45) is 5.03. The number of anilines is 1. The highest BCUT2D eigenvalue weighted by Crippen LogP contribution is 2.30. The average Bonchev–Trinajstić information content (AvgIpc) is 2.45. The number of aliphatic carboxylic acids is 1. The zero-order valence-corrected chi connectivity index (χ0v) is 12.1. The number of halogens is 1. The Labute approximate surface area is 123 Å². The first kappa shape index (κ1) is 14.9. The molecule has 4 nitrogen and oxygen atoms in total. The maximum Gasteiger partial charge on any atom is 0.328 e. The number of carbonyl (C=O) groups is 1. The summed E-state index contributed by atoms with van der Waals surface area (Å²) in [5, 5.41) is 9.25. The molecule has 0 saturated carbocycles. The minimum atomic E-state index is -0.968. The molecule has 0 aliphatic carbocycles. The van der Waals surface area contributed by atoms with Gasteiger partial charge in [0.15, 0.2) is 0 Å². The van der Waals surface area contributed by atoms with Crippen molar-refractivity contribution in [1.82, 2.24) is 0 Å². The minimum Gasteiger partial charge on any atom is -0.478 e. The van der Waals surface area contributed by atoms with Crippen molar-refractivity contribution < 1.29 is 14.6 Å². The Kier molecular flexibility index (Phi) is 5.04. The van der Waals surface area contributed by atoms with Crippen molar-refractivity contribution in [2.24, 2.45) is 0 Å². The zero-order valence-electron chi connectivity index (χ0n) is 11.4. The molecule has 0 aromatic heterocycles. The molecule has 1 unspecified atom stereocenters. The third-order valence-electron chi connectivity index (χ3n) is 3.44. The van der Waals surface area contributed by atoms with Crippen LogP contribution in [-0.2, 0) is 9.53 Å². The van der Waals surface area contributed by atoms with Crippen molar-refractivity contribution in [1.29, 1.82) is 0 Å². The van der Waals surface area contributed by atoms with Gasteiger partial charge in [0.1, 0.15) is 0 Å². The quantitative estimate of drug-likeness (QED) is 0.868. The average molecular weight is 296 g/mol. The second kappa shape index (κ2) is 6.77. The van der Waals surface area contributed by atoms with E-state index in [2.05, 4.69) is 4.90 Å². The SMILES string of the molecule is COC1CCCN(c2ccc(/C=C/C(=O)O)cc2Cl)C1. The van der Waals surface area contributed by atoms with Gasteiger partial charge in [-0.2, -0.15) is 0 Å². The molecule has 0 amide bonds. The molecule has 1 saturated heterocycles. The lowest BCUT2D eigenvalue weighted by molar-refractivity contribution is -0.131. The number of hydrogen-bond donors (Lipinski definition) is 1. The summed E-state index contributed by atoms with van der Waals surface area (Å²) in [5.74, 6) is -0.968. The number of hydrogen-bond acceptors (Lipinski definition) is 3. The monoisotopic (exact) mass is 295 g/mol. The first-order chi connectivity index (χ1) is 9.60. The fraction of sp³-hybridized carbons (Fsp3) is 0.400. The molecular weight excluding hydrogens is 278 g/mol. The Morgan fingerprint density at radius 1 is 1.55 bits per heavy atom. The fourth-order valence-electron chi connectivity index (χ4n) is 2.40. The number of carboxylic acid groups (broad SMARTS) is 1. The van der Waals surface area contributed by atoms with E-state index in [1.165, 1.54) is 6.08 Å². The third kappa shape index (κ3) is 3.74. The summed E-state index contributed by atoms with van der Waals surface area (Å²) in [6.45, 7) is 1.80. The van der Waals surface area contributed by atoms with Crippen molar-refractivity contribution >= 4 is 29.3 Å². The van der Waals surface area contributed by atoms with Gasteiger partial charge in [0.25, 0.3) is 0 Å². The van der Waals surface area contributed by atoms with E-state index in [9.17, 15) is 4.79 Å². The van der Waals surface area contributed by atoms with Crippen LogP contribution in [0, 0.1) is 0 Å². The van der Waals surface area contributed by atoms with Gasteiger partial charge in [-0.3, -0.25) is 0 Å². The number of carboxylic acids is 1. The molecule has 2 rings (SSSR count). The van der Waals surface area contributed by atoms with Gasteiger partial charge in [-0.25, -0.2) is 4.79 Å². The van der Waals surface area contributed by atoms with E-state index in [1.807, 2.05) is 12.1 Å². The van der Waals surface area contributed by atoms with Gasteiger partial charge < -0.3 is 14.7 Å². The molecule has 1 heterocycles. The second-order valence-corrected chi connectivity index (χ2v) is 5.24. The van der Waals surface area contributed by atoms with Crippen LogP contribution in [0.25, 0.3) is 6.08 Å². The minimum absolute atomic E-state index is 0.242. The van der Waals surface area contributed by atoms with Crippen LogP contribution in [0.3, 0.4) is 0 Å². The van der Waals surface area contributed by atoms with Crippen LogP contribution in [0.5, 0.6) is 0 Å². The summed E-state index contributed by atoms with van der Waals surface area (Å²) in [4.78, 5) is 12.7. The van der Waals surface area contributed by atoms with Crippen LogP contribution in [0.2, 0.25) is 5.02 Å². The van der Waals surface area contributed by atoms with E-state index in [4.69, 9.17) is 21.4 Å². The number of rotatable bonds is 4. The van der Waals surface area contributed by atoms with Gasteiger partial charge in [0.05, 0.1) is 16.8 Å². The standard InChI is InChI=1S/C15H18ClNO3/c1-20-12-3-2-8-17(10-12)14-6-4-11(9-13(14)16)5-7-15(18)19/h4-7,9,12H,2-3,8,10H2,1H3,(H,18,19)/b7-5+. The Morgan fingerprint density at radius 2 is 2.35 bits per heavy atom. The topological polar surface area (TPSA) is 49.8 Å². The molecule has 0 spiro atoms. The number of ether oxygens (including phenoxy) is 1. The van der Waals surface area contributed by atoms with Crippen molar-refractivity contribution in [3.63, 3.8) is 0 Å². The Hall–Kier alpha value is -1.52. The fourth-order valence-corrected chi connectivity index (χ4v) is 2.71. The predicted molar refractivity (Wildman–Crippen MR) is 80.4 cm³/mol. The van der Waals surface area contributed by atoms with E-state index in [1.54, 1.807) is 13.2 Å². The molecule has 1 aliphatic rings. The third-order valence-corrected chi connectivity index (χ3v) is 3.75. The van der Waals surface area contributed by atoms with E-state index in [0.29, 0.717) is 5.02 Å². The van der Waals surface area contributed by atoms with Crippen molar-refractivity contribution in [3.05, 3.63) is 34.9 Å². The number of methoxy groups -OCH3 is 1. The van der Waals surface area contributed by atoms with Crippen molar-refractivity contribution in [3.8, 4) is 0 Å². The van der Waals surface area contributed by atoms with Crippen molar-refractivity contribution in [2.45, 2.75) is 18.9 Å².